The van der Waals surface area contributed by atoms with Crippen LogP contribution < -0.4 is 0 Å². The van der Waals surface area contributed by atoms with Crippen LogP contribution >= 0.6 is 0 Å². The Bertz CT molecular complexity index is 152. The van der Waals surface area contributed by atoms with Gasteiger partial charge in [-0.25, -0.2) is 0 Å². The molecule has 0 bridgehead atoms. The van der Waals surface area contributed by atoms with Crippen molar-refractivity contribution in [2.75, 3.05) is 14.1 Å². The fraction of sp³-hybridized carbons (Fsp3) is 0.333. The normalized spacial score (nSPS) is 12.1. The van der Waals surface area contributed by atoms with Gasteiger partial charge in [-0.1, -0.05) is 18.7 Å². The van der Waals surface area contributed by atoms with Crippen molar-refractivity contribution in [1.29, 1.82) is 0 Å². The Morgan fingerprint density at radius 3 is 2.30 bits per heavy atom. The van der Waals surface area contributed by atoms with Crippen molar-refractivity contribution in [3.05, 3.63) is 36.6 Å². The zero-order valence-electron chi connectivity index (χ0n) is 6.96. The van der Waals surface area contributed by atoms with Crippen LogP contribution in [0.2, 0.25) is 0 Å². The van der Waals surface area contributed by atoms with Crippen molar-refractivity contribution in [2.45, 2.75) is 6.92 Å². The van der Waals surface area contributed by atoms with Crippen LogP contribution in [0.5, 0.6) is 0 Å². The second-order valence-electron chi connectivity index (χ2n) is 2.22. The molecule has 0 radical (unpaired) electrons. The molecule has 0 aromatic heterocycles. The molecular weight excluding hydrogens is 122 g/mol. The minimum Gasteiger partial charge on any atom is -0.378 e. The van der Waals surface area contributed by atoms with E-state index in [2.05, 4.69) is 6.58 Å². The van der Waals surface area contributed by atoms with E-state index in [1.807, 2.05) is 44.1 Å². The highest BCUT2D eigenvalue weighted by atomic mass is 15.1. The summed E-state index contributed by atoms with van der Waals surface area (Å²) in [5.41, 5.74) is 1.16. The molecule has 1 nitrogen and oxygen atoms in total. The molecule has 0 saturated carbocycles. The van der Waals surface area contributed by atoms with E-state index in [0.717, 1.165) is 5.70 Å². The Hall–Kier alpha value is -0.980. The van der Waals surface area contributed by atoms with Gasteiger partial charge in [-0.3, -0.25) is 0 Å². The van der Waals surface area contributed by atoms with Crippen molar-refractivity contribution in [3.63, 3.8) is 0 Å². The second-order valence-corrected chi connectivity index (χ2v) is 2.22. The van der Waals surface area contributed by atoms with E-state index in [0.29, 0.717) is 0 Å². The van der Waals surface area contributed by atoms with E-state index >= 15 is 0 Å². The molecule has 0 unspecified atom stereocenters. The number of allylic oxidation sites excluding steroid dienone is 4. The molecule has 0 aliphatic heterocycles. The van der Waals surface area contributed by atoms with Crippen LogP contribution in [0.15, 0.2) is 36.6 Å². The lowest BCUT2D eigenvalue weighted by atomic mass is 10.3. The number of hydrogen-bond acceptors (Lipinski definition) is 1. The summed E-state index contributed by atoms with van der Waals surface area (Å²) in [7, 11) is 4.02. The minimum absolute atomic E-state index is 1.16. The molecule has 0 atom stereocenters. The lowest BCUT2D eigenvalue weighted by Gasteiger charge is -2.12. The van der Waals surface area contributed by atoms with Gasteiger partial charge in [0.15, 0.2) is 0 Å². The lowest BCUT2D eigenvalue weighted by Crippen LogP contribution is -2.08. The van der Waals surface area contributed by atoms with Crippen molar-refractivity contribution >= 4 is 0 Å². The average Bonchev–Trinajstić information content (AvgIpc) is 1.87. The smallest absolute Gasteiger partial charge is 0.0357 e. The molecule has 0 aliphatic rings. The third-order valence-electron chi connectivity index (χ3n) is 1.14. The second kappa shape index (κ2) is 4.86. The highest BCUT2D eigenvalue weighted by Gasteiger charge is 1.89. The maximum Gasteiger partial charge on any atom is 0.0357 e. The number of hydrogen-bond donors (Lipinski definition) is 0. The molecule has 0 aromatic rings. The monoisotopic (exact) mass is 137 g/mol. The molecule has 0 saturated heterocycles. The van der Waals surface area contributed by atoms with Gasteiger partial charge in [-0.2, -0.15) is 0 Å². The SMILES string of the molecule is C=C/C=C(\C=C/C)N(C)C. The summed E-state index contributed by atoms with van der Waals surface area (Å²) in [6.45, 7) is 5.63. The fourth-order valence-electron chi connectivity index (χ4n) is 0.645. The Morgan fingerprint density at radius 2 is 2.00 bits per heavy atom. The molecule has 0 fully saturated rings. The van der Waals surface area contributed by atoms with Crippen LogP contribution in [0.25, 0.3) is 0 Å². The van der Waals surface area contributed by atoms with Gasteiger partial charge in [0.1, 0.15) is 0 Å². The van der Waals surface area contributed by atoms with E-state index in [1.165, 1.54) is 0 Å². The van der Waals surface area contributed by atoms with Crippen LogP contribution in [-0.4, -0.2) is 19.0 Å². The van der Waals surface area contributed by atoms with Crippen LogP contribution in [0, 0.1) is 0 Å². The summed E-state index contributed by atoms with van der Waals surface area (Å²) in [6, 6.07) is 0. The third-order valence-corrected chi connectivity index (χ3v) is 1.14. The summed E-state index contributed by atoms with van der Waals surface area (Å²) in [5, 5.41) is 0. The molecule has 1 heteroatoms. The Morgan fingerprint density at radius 1 is 1.40 bits per heavy atom. The molecule has 0 aliphatic carbocycles. The molecule has 0 amide bonds. The maximum atomic E-state index is 3.63. The van der Waals surface area contributed by atoms with E-state index in [9.17, 15) is 0 Å². The predicted molar refractivity (Wildman–Crippen MR) is 46.8 cm³/mol. The van der Waals surface area contributed by atoms with Gasteiger partial charge in [0, 0.05) is 19.8 Å². The van der Waals surface area contributed by atoms with Gasteiger partial charge in [0.05, 0.1) is 0 Å². The van der Waals surface area contributed by atoms with Crippen LogP contribution in [0.3, 0.4) is 0 Å². The first kappa shape index (κ1) is 9.02. The van der Waals surface area contributed by atoms with E-state index in [1.54, 1.807) is 6.08 Å². The minimum atomic E-state index is 1.16. The van der Waals surface area contributed by atoms with Crippen LogP contribution in [0.4, 0.5) is 0 Å². The maximum absolute atomic E-state index is 3.63. The quantitative estimate of drug-likeness (QED) is 0.539. The van der Waals surface area contributed by atoms with Crippen molar-refractivity contribution < 1.29 is 0 Å². The summed E-state index contributed by atoms with van der Waals surface area (Å²) in [5.74, 6) is 0. The van der Waals surface area contributed by atoms with Gasteiger partial charge >= 0.3 is 0 Å². The first-order chi connectivity index (χ1) is 4.72. The predicted octanol–water partition coefficient (Wildman–Crippen LogP) is 2.19. The molecular formula is C9H15N. The molecule has 0 N–H and O–H groups in total. The van der Waals surface area contributed by atoms with Crippen molar-refractivity contribution in [1.82, 2.24) is 4.90 Å². The van der Waals surface area contributed by atoms with Crippen molar-refractivity contribution in [2.24, 2.45) is 0 Å². The number of likely N-dealkylation sites (N-methyl/N-ethyl adjacent to an activating group) is 1. The van der Waals surface area contributed by atoms with Gasteiger partial charge in [-0.15, -0.1) is 0 Å². The number of nitrogens with zero attached hydrogens (tertiary/aromatic N) is 1. The highest BCUT2D eigenvalue weighted by molar-refractivity contribution is 5.20. The fourth-order valence-corrected chi connectivity index (χ4v) is 0.645. The van der Waals surface area contributed by atoms with E-state index in [4.69, 9.17) is 0 Å². The summed E-state index contributed by atoms with van der Waals surface area (Å²) < 4.78 is 0. The standard InChI is InChI=1S/C9H15N/c1-5-7-9(8-6-2)10(3)4/h5-8H,1H2,2-4H3/b8-6-,9-7+. The van der Waals surface area contributed by atoms with Crippen LogP contribution in [0.1, 0.15) is 6.92 Å². The zero-order valence-corrected chi connectivity index (χ0v) is 6.96. The van der Waals surface area contributed by atoms with E-state index < -0.39 is 0 Å². The van der Waals surface area contributed by atoms with Crippen molar-refractivity contribution in [3.8, 4) is 0 Å². The van der Waals surface area contributed by atoms with Gasteiger partial charge in [0.25, 0.3) is 0 Å². The van der Waals surface area contributed by atoms with Gasteiger partial charge in [-0.05, 0) is 19.1 Å². The summed E-state index contributed by atoms with van der Waals surface area (Å²) >= 11 is 0. The third kappa shape index (κ3) is 3.13. The molecule has 0 heterocycles. The Balaban J connectivity index is 4.25. The number of rotatable bonds is 3. The molecule has 56 valence electrons. The highest BCUT2D eigenvalue weighted by Crippen LogP contribution is 1.99. The average molecular weight is 137 g/mol. The van der Waals surface area contributed by atoms with Gasteiger partial charge in [0.2, 0.25) is 0 Å². The molecule has 0 rings (SSSR count). The van der Waals surface area contributed by atoms with Gasteiger partial charge < -0.3 is 4.90 Å². The topological polar surface area (TPSA) is 3.24 Å². The largest absolute Gasteiger partial charge is 0.378 e. The Kier molecular flexibility index (Phi) is 4.38. The first-order valence-corrected chi connectivity index (χ1v) is 3.35. The first-order valence-electron chi connectivity index (χ1n) is 3.35. The summed E-state index contributed by atoms with van der Waals surface area (Å²) in [6.07, 6.45) is 7.81. The van der Waals surface area contributed by atoms with Crippen LogP contribution in [-0.2, 0) is 0 Å². The summed E-state index contributed by atoms with van der Waals surface area (Å²) in [4.78, 5) is 2.04. The lowest BCUT2D eigenvalue weighted by molar-refractivity contribution is 0.530. The van der Waals surface area contributed by atoms with E-state index in [-0.39, 0.29) is 0 Å². The Labute approximate surface area is 63.3 Å². The molecule has 0 spiro atoms. The molecule has 0 aromatic carbocycles. The zero-order chi connectivity index (χ0) is 7.98. The molecule has 10 heavy (non-hydrogen) atoms.